The van der Waals surface area contributed by atoms with Crippen molar-refractivity contribution >= 4 is 17.2 Å². The van der Waals surface area contributed by atoms with Crippen molar-refractivity contribution in [3.05, 3.63) is 64.7 Å². The number of nitrogens with one attached hydrogen (secondary N) is 1. The van der Waals surface area contributed by atoms with Crippen LogP contribution in [0.4, 0.5) is 0 Å². The fraction of sp³-hybridized carbons (Fsp3) is 0.211. The molecule has 1 aliphatic rings. The topological polar surface area (TPSA) is 64.1 Å². The average molecular weight is 351 g/mol. The molecule has 5 nitrogen and oxygen atoms in total. The number of thiophene rings is 1. The molecule has 0 aliphatic carbocycles. The first kappa shape index (κ1) is 15.8. The third-order valence-corrected chi connectivity index (χ3v) is 4.87. The Bertz CT molecular complexity index is 866. The number of hydrogen-bond acceptors (Lipinski definition) is 5. The molecule has 0 bridgehead atoms. The predicted octanol–water partition coefficient (Wildman–Crippen LogP) is 2.87. The molecule has 1 N–H and O–H groups in total. The van der Waals surface area contributed by atoms with E-state index in [1.54, 1.807) is 29.9 Å². The van der Waals surface area contributed by atoms with E-state index in [0.29, 0.717) is 13.0 Å². The van der Waals surface area contributed by atoms with E-state index in [4.69, 9.17) is 4.74 Å². The molecule has 6 heteroatoms. The van der Waals surface area contributed by atoms with Crippen molar-refractivity contribution in [2.24, 2.45) is 0 Å². The van der Waals surface area contributed by atoms with Crippen LogP contribution in [-0.4, -0.2) is 28.5 Å². The quantitative estimate of drug-likeness (QED) is 0.768. The first-order valence-electron chi connectivity index (χ1n) is 8.12. The maximum Gasteiger partial charge on any atom is 0.224 e. The van der Waals surface area contributed by atoms with Gasteiger partial charge in [-0.15, -0.1) is 0 Å². The maximum atomic E-state index is 12.0. The lowest BCUT2D eigenvalue weighted by Gasteiger charge is -2.13. The Kier molecular flexibility index (Phi) is 4.43. The molecule has 0 radical (unpaired) electrons. The second-order valence-corrected chi connectivity index (χ2v) is 6.72. The van der Waals surface area contributed by atoms with E-state index in [0.717, 1.165) is 34.6 Å². The van der Waals surface area contributed by atoms with Crippen LogP contribution in [0, 0.1) is 0 Å². The molecule has 0 fully saturated rings. The van der Waals surface area contributed by atoms with Gasteiger partial charge in [-0.05, 0) is 34.0 Å². The van der Waals surface area contributed by atoms with Crippen LogP contribution in [0.15, 0.2) is 53.6 Å². The number of ether oxygens (including phenoxy) is 1. The Morgan fingerprint density at radius 1 is 1.32 bits per heavy atom. The number of benzene rings is 1. The Hall–Kier alpha value is -2.73. The lowest BCUT2D eigenvalue weighted by Crippen LogP contribution is -2.35. The summed E-state index contributed by atoms with van der Waals surface area (Å²) in [7, 11) is 0. The van der Waals surface area contributed by atoms with Crippen molar-refractivity contribution in [2.45, 2.75) is 18.9 Å². The zero-order valence-electron chi connectivity index (χ0n) is 13.5. The Labute approximate surface area is 149 Å². The largest absolute Gasteiger partial charge is 0.487 e. The SMILES string of the molecule is O=C(Cc1ccsc1)NCC1Cc2cccc(-c3cnccn3)c2O1. The zero-order valence-corrected chi connectivity index (χ0v) is 14.3. The van der Waals surface area contributed by atoms with E-state index < -0.39 is 0 Å². The Morgan fingerprint density at radius 3 is 3.08 bits per heavy atom. The van der Waals surface area contributed by atoms with E-state index in [2.05, 4.69) is 21.4 Å². The van der Waals surface area contributed by atoms with Gasteiger partial charge >= 0.3 is 0 Å². The molecule has 3 heterocycles. The van der Waals surface area contributed by atoms with Gasteiger partial charge in [-0.3, -0.25) is 14.8 Å². The monoisotopic (exact) mass is 351 g/mol. The van der Waals surface area contributed by atoms with Gasteiger partial charge in [0.15, 0.2) is 0 Å². The second-order valence-electron chi connectivity index (χ2n) is 5.94. The molecule has 3 aromatic rings. The fourth-order valence-electron chi connectivity index (χ4n) is 2.96. The number of fused-ring (bicyclic) bond motifs is 1. The van der Waals surface area contributed by atoms with Crippen LogP contribution in [0.5, 0.6) is 5.75 Å². The van der Waals surface area contributed by atoms with Gasteiger partial charge in [0.25, 0.3) is 0 Å². The zero-order chi connectivity index (χ0) is 17.1. The predicted molar refractivity (Wildman–Crippen MR) is 96.6 cm³/mol. The van der Waals surface area contributed by atoms with Gasteiger partial charge < -0.3 is 10.1 Å². The molecule has 126 valence electrons. The minimum atomic E-state index is -0.0563. The third kappa shape index (κ3) is 3.53. The average Bonchev–Trinajstić information content (AvgIpc) is 3.29. The molecule has 25 heavy (non-hydrogen) atoms. The van der Waals surface area contributed by atoms with Gasteiger partial charge in [0, 0.05) is 24.4 Å². The third-order valence-electron chi connectivity index (χ3n) is 4.14. The highest BCUT2D eigenvalue weighted by molar-refractivity contribution is 7.08. The summed E-state index contributed by atoms with van der Waals surface area (Å²) in [5.74, 6) is 0.868. The number of para-hydroxylation sites is 1. The van der Waals surface area contributed by atoms with Crippen LogP contribution >= 0.6 is 11.3 Å². The van der Waals surface area contributed by atoms with Gasteiger partial charge in [-0.2, -0.15) is 11.3 Å². The Balaban J connectivity index is 1.41. The molecular formula is C19H17N3O2S. The molecule has 1 aromatic carbocycles. The molecular weight excluding hydrogens is 334 g/mol. The lowest BCUT2D eigenvalue weighted by atomic mass is 10.0. The van der Waals surface area contributed by atoms with Crippen LogP contribution in [-0.2, 0) is 17.6 Å². The van der Waals surface area contributed by atoms with E-state index >= 15 is 0 Å². The molecule has 1 unspecified atom stereocenters. The number of rotatable bonds is 5. The summed E-state index contributed by atoms with van der Waals surface area (Å²) in [6.07, 6.45) is 6.19. The number of nitrogens with zero attached hydrogens (tertiary/aromatic N) is 2. The van der Waals surface area contributed by atoms with Crippen LogP contribution < -0.4 is 10.1 Å². The summed E-state index contributed by atoms with van der Waals surface area (Å²) < 4.78 is 6.10. The van der Waals surface area contributed by atoms with Crippen molar-refractivity contribution in [1.29, 1.82) is 0 Å². The lowest BCUT2D eigenvalue weighted by molar-refractivity contribution is -0.120. The van der Waals surface area contributed by atoms with Gasteiger partial charge in [0.2, 0.25) is 5.91 Å². The number of hydrogen-bond donors (Lipinski definition) is 1. The van der Waals surface area contributed by atoms with Crippen molar-refractivity contribution in [3.63, 3.8) is 0 Å². The van der Waals surface area contributed by atoms with E-state index in [1.807, 2.05) is 29.0 Å². The van der Waals surface area contributed by atoms with E-state index in [9.17, 15) is 4.79 Å². The second kappa shape index (κ2) is 7.03. The normalized spacial score (nSPS) is 15.4. The fourth-order valence-corrected chi connectivity index (χ4v) is 3.63. The highest BCUT2D eigenvalue weighted by atomic mass is 32.1. The molecule has 1 aliphatic heterocycles. The highest BCUT2D eigenvalue weighted by Crippen LogP contribution is 2.37. The minimum absolute atomic E-state index is 0.0205. The summed E-state index contributed by atoms with van der Waals surface area (Å²) in [4.78, 5) is 20.5. The van der Waals surface area contributed by atoms with Crippen LogP contribution in [0.3, 0.4) is 0 Å². The van der Waals surface area contributed by atoms with Gasteiger partial charge in [-0.1, -0.05) is 12.1 Å². The summed E-state index contributed by atoms with van der Waals surface area (Å²) in [6, 6.07) is 8.02. The highest BCUT2D eigenvalue weighted by Gasteiger charge is 2.26. The summed E-state index contributed by atoms with van der Waals surface area (Å²) >= 11 is 1.60. The van der Waals surface area contributed by atoms with Crippen LogP contribution in [0.1, 0.15) is 11.1 Å². The molecule has 0 spiro atoms. The van der Waals surface area contributed by atoms with Crippen molar-refractivity contribution < 1.29 is 9.53 Å². The number of aromatic nitrogens is 2. The van der Waals surface area contributed by atoms with Crippen molar-refractivity contribution in [3.8, 4) is 17.0 Å². The molecule has 0 saturated carbocycles. The summed E-state index contributed by atoms with van der Waals surface area (Å²) in [5.41, 5.74) is 3.92. The van der Waals surface area contributed by atoms with Gasteiger partial charge in [0.05, 0.1) is 24.9 Å². The summed E-state index contributed by atoms with van der Waals surface area (Å²) in [6.45, 7) is 0.498. The molecule has 2 aromatic heterocycles. The van der Waals surface area contributed by atoms with E-state index in [-0.39, 0.29) is 12.0 Å². The smallest absolute Gasteiger partial charge is 0.224 e. The molecule has 0 saturated heterocycles. The minimum Gasteiger partial charge on any atom is -0.487 e. The number of carbonyl (C=O) groups excluding carboxylic acids is 1. The van der Waals surface area contributed by atoms with Gasteiger partial charge in [0.1, 0.15) is 11.9 Å². The van der Waals surface area contributed by atoms with Crippen molar-refractivity contribution in [2.75, 3.05) is 6.54 Å². The summed E-state index contributed by atoms with van der Waals surface area (Å²) in [5, 5.41) is 6.94. The first-order valence-corrected chi connectivity index (χ1v) is 9.06. The molecule has 1 amide bonds. The van der Waals surface area contributed by atoms with Crippen LogP contribution in [0.2, 0.25) is 0 Å². The molecule has 4 rings (SSSR count). The molecule has 1 atom stereocenters. The maximum absolute atomic E-state index is 12.0. The Morgan fingerprint density at radius 2 is 2.28 bits per heavy atom. The number of carbonyl (C=O) groups is 1. The van der Waals surface area contributed by atoms with Crippen LogP contribution in [0.25, 0.3) is 11.3 Å². The first-order chi connectivity index (χ1) is 12.3. The van der Waals surface area contributed by atoms with Crippen molar-refractivity contribution in [1.82, 2.24) is 15.3 Å². The van der Waals surface area contributed by atoms with Gasteiger partial charge in [-0.25, -0.2) is 0 Å². The standard InChI is InChI=1S/C19H17N3O2S/c23-18(8-13-4-7-25-12-13)22-10-15-9-14-2-1-3-16(19(14)24-15)17-11-20-5-6-21-17/h1-7,11-12,15H,8-10H2,(H,22,23). The van der Waals surface area contributed by atoms with E-state index in [1.165, 1.54) is 0 Å². The number of amides is 1.